The van der Waals surface area contributed by atoms with Crippen LogP contribution >= 0.6 is 11.3 Å². The van der Waals surface area contributed by atoms with Crippen molar-refractivity contribution in [2.45, 2.75) is 32.7 Å². The van der Waals surface area contributed by atoms with Gasteiger partial charge in [0, 0.05) is 13.5 Å². The van der Waals surface area contributed by atoms with Gasteiger partial charge < -0.3 is 9.42 Å². The molecule has 7 nitrogen and oxygen atoms in total. The van der Waals surface area contributed by atoms with Crippen molar-refractivity contribution in [3.8, 4) is 0 Å². The standard InChI is InChI=1S/C12H14N6OS/c1-7-6-18-11(13-7)20-12(15-18)17-5-3-4-9(17)10-14-8(2)19-16-10/h6,9H,3-5H2,1-2H3/t9-/m1/s1. The Bertz CT molecular complexity index is 728. The second-order valence-corrected chi connectivity index (χ2v) is 5.95. The Balaban J connectivity index is 1.70. The van der Waals surface area contributed by atoms with Crippen molar-refractivity contribution in [3.05, 3.63) is 23.6 Å². The quantitative estimate of drug-likeness (QED) is 0.720. The lowest BCUT2D eigenvalue weighted by Gasteiger charge is -2.20. The summed E-state index contributed by atoms with van der Waals surface area (Å²) < 4.78 is 6.94. The van der Waals surface area contributed by atoms with E-state index in [2.05, 4.69) is 25.1 Å². The Labute approximate surface area is 119 Å². The number of rotatable bonds is 2. The average Bonchev–Trinajstić information content (AvgIpc) is 3.09. The maximum Gasteiger partial charge on any atom is 0.223 e. The predicted octanol–water partition coefficient (Wildman–Crippen LogP) is 2.13. The van der Waals surface area contributed by atoms with Crippen LogP contribution in [0.3, 0.4) is 0 Å². The molecule has 0 spiro atoms. The highest BCUT2D eigenvalue weighted by atomic mass is 32.1. The number of fused-ring (bicyclic) bond motifs is 1. The minimum Gasteiger partial charge on any atom is -0.340 e. The first kappa shape index (κ1) is 11.8. The van der Waals surface area contributed by atoms with E-state index in [4.69, 9.17) is 4.52 Å². The van der Waals surface area contributed by atoms with E-state index < -0.39 is 0 Å². The summed E-state index contributed by atoms with van der Waals surface area (Å²) in [5, 5.41) is 9.64. The van der Waals surface area contributed by atoms with Crippen LogP contribution in [0.5, 0.6) is 0 Å². The van der Waals surface area contributed by atoms with E-state index in [9.17, 15) is 0 Å². The highest BCUT2D eigenvalue weighted by Crippen LogP contribution is 2.36. The molecule has 0 bridgehead atoms. The molecular formula is C12H14N6OS. The van der Waals surface area contributed by atoms with Crippen molar-refractivity contribution >= 4 is 21.4 Å². The molecule has 0 saturated carbocycles. The molecule has 1 atom stereocenters. The van der Waals surface area contributed by atoms with Crippen molar-refractivity contribution in [1.29, 1.82) is 0 Å². The predicted molar refractivity (Wildman–Crippen MR) is 74.0 cm³/mol. The molecule has 0 N–H and O–H groups in total. The molecule has 4 rings (SSSR count). The zero-order chi connectivity index (χ0) is 13.7. The van der Waals surface area contributed by atoms with Crippen LogP contribution in [-0.4, -0.2) is 31.3 Å². The van der Waals surface area contributed by atoms with Crippen molar-refractivity contribution in [3.63, 3.8) is 0 Å². The number of hydrogen-bond acceptors (Lipinski definition) is 7. The average molecular weight is 290 g/mol. The van der Waals surface area contributed by atoms with Crippen LogP contribution in [0.2, 0.25) is 0 Å². The van der Waals surface area contributed by atoms with Gasteiger partial charge in [0.15, 0.2) is 5.82 Å². The third-order valence-electron chi connectivity index (χ3n) is 3.49. The van der Waals surface area contributed by atoms with E-state index in [0.717, 1.165) is 41.0 Å². The fourth-order valence-electron chi connectivity index (χ4n) is 2.63. The van der Waals surface area contributed by atoms with Gasteiger partial charge in [0.05, 0.1) is 17.9 Å². The SMILES string of the molecule is Cc1cn2nc(N3CCC[C@@H]3c3noc(C)n3)sc2n1. The Hall–Kier alpha value is -1.96. The summed E-state index contributed by atoms with van der Waals surface area (Å²) in [4.78, 5) is 12.0. The van der Waals surface area contributed by atoms with Gasteiger partial charge in [-0.3, -0.25) is 0 Å². The fraction of sp³-hybridized carbons (Fsp3) is 0.500. The summed E-state index contributed by atoms with van der Waals surface area (Å²) in [5.74, 6) is 1.36. The van der Waals surface area contributed by atoms with Gasteiger partial charge in [-0.2, -0.15) is 4.98 Å². The summed E-state index contributed by atoms with van der Waals surface area (Å²) in [6.45, 7) is 4.76. The summed E-state index contributed by atoms with van der Waals surface area (Å²) in [6.07, 6.45) is 4.08. The van der Waals surface area contributed by atoms with Gasteiger partial charge in [-0.15, -0.1) is 5.10 Å². The van der Waals surface area contributed by atoms with Crippen LogP contribution in [0, 0.1) is 13.8 Å². The van der Waals surface area contributed by atoms with Gasteiger partial charge in [-0.1, -0.05) is 16.5 Å². The van der Waals surface area contributed by atoms with E-state index in [1.165, 1.54) is 0 Å². The molecule has 0 amide bonds. The van der Waals surface area contributed by atoms with Gasteiger partial charge in [0.25, 0.3) is 0 Å². The molecule has 0 aliphatic carbocycles. The first-order valence-electron chi connectivity index (χ1n) is 6.60. The van der Waals surface area contributed by atoms with E-state index in [0.29, 0.717) is 5.89 Å². The number of hydrogen-bond donors (Lipinski definition) is 0. The Morgan fingerprint density at radius 3 is 3.00 bits per heavy atom. The van der Waals surface area contributed by atoms with Gasteiger partial charge >= 0.3 is 0 Å². The lowest BCUT2D eigenvalue weighted by molar-refractivity contribution is 0.383. The van der Waals surface area contributed by atoms with Crippen LogP contribution < -0.4 is 4.90 Å². The Morgan fingerprint density at radius 2 is 2.25 bits per heavy atom. The largest absolute Gasteiger partial charge is 0.340 e. The number of aromatic nitrogens is 5. The summed E-state index contributed by atoms with van der Waals surface area (Å²) in [6, 6.07) is 0.157. The first-order chi connectivity index (χ1) is 9.70. The summed E-state index contributed by atoms with van der Waals surface area (Å²) >= 11 is 1.60. The van der Waals surface area contributed by atoms with E-state index in [1.54, 1.807) is 11.3 Å². The smallest absolute Gasteiger partial charge is 0.223 e. The van der Waals surface area contributed by atoms with E-state index >= 15 is 0 Å². The van der Waals surface area contributed by atoms with Crippen LogP contribution in [0.4, 0.5) is 5.13 Å². The first-order valence-corrected chi connectivity index (χ1v) is 7.42. The molecule has 0 unspecified atom stereocenters. The highest BCUT2D eigenvalue weighted by molar-refractivity contribution is 7.20. The second-order valence-electron chi connectivity index (χ2n) is 5.02. The van der Waals surface area contributed by atoms with Gasteiger partial charge in [-0.25, -0.2) is 9.50 Å². The molecule has 20 heavy (non-hydrogen) atoms. The number of anilines is 1. The molecule has 1 fully saturated rings. The Kier molecular flexibility index (Phi) is 2.53. The van der Waals surface area contributed by atoms with E-state index in [1.807, 2.05) is 24.6 Å². The van der Waals surface area contributed by atoms with E-state index in [-0.39, 0.29) is 6.04 Å². The van der Waals surface area contributed by atoms with Gasteiger partial charge in [0.1, 0.15) is 0 Å². The fourth-order valence-corrected chi connectivity index (χ4v) is 3.63. The molecule has 0 aromatic carbocycles. The minimum absolute atomic E-state index is 0.157. The molecule has 1 aliphatic rings. The third-order valence-corrected chi connectivity index (χ3v) is 4.45. The van der Waals surface area contributed by atoms with Crippen LogP contribution in [0.1, 0.15) is 36.3 Å². The number of aryl methyl sites for hydroxylation is 2. The topological polar surface area (TPSA) is 72.3 Å². The minimum atomic E-state index is 0.157. The molecular weight excluding hydrogens is 276 g/mol. The molecule has 1 aliphatic heterocycles. The third kappa shape index (κ3) is 1.79. The summed E-state index contributed by atoms with van der Waals surface area (Å²) in [7, 11) is 0. The van der Waals surface area contributed by atoms with Crippen molar-refractivity contribution in [1.82, 2.24) is 24.7 Å². The number of imidazole rings is 1. The normalized spacial score (nSPS) is 19.3. The monoisotopic (exact) mass is 290 g/mol. The van der Waals surface area contributed by atoms with Crippen LogP contribution in [0.25, 0.3) is 4.96 Å². The lowest BCUT2D eigenvalue weighted by Crippen LogP contribution is -2.23. The Morgan fingerprint density at radius 1 is 1.35 bits per heavy atom. The van der Waals surface area contributed by atoms with Crippen molar-refractivity contribution < 1.29 is 4.52 Å². The van der Waals surface area contributed by atoms with Crippen molar-refractivity contribution in [2.24, 2.45) is 0 Å². The second kappa shape index (κ2) is 4.27. The lowest BCUT2D eigenvalue weighted by atomic mass is 10.2. The molecule has 104 valence electrons. The van der Waals surface area contributed by atoms with Crippen LogP contribution in [0.15, 0.2) is 10.7 Å². The maximum atomic E-state index is 5.10. The summed E-state index contributed by atoms with van der Waals surface area (Å²) in [5.41, 5.74) is 0.988. The molecule has 8 heteroatoms. The zero-order valence-electron chi connectivity index (χ0n) is 11.3. The van der Waals surface area contributed by atoms with Gasteiger partial charge in [-0.05, 0) is 19.8 Å². The van der Waals surface area contributed by atoms with Crippen LogP contribution in [-0.2, 0) is 0 Å². The molecule has 1 saturated heterocycles. The molecule has 0 radical (unpaired) electrons. The zero-order valence-corrected chi connectivity index (χ0v) is 12.1. The molecule has 4 heterocycles. The molecule has 3 aromatic rings. The highest BCUT2D eigenvalue weighted by Gasteiger charge is 2.32. The number of nitrogens with zero attached hydrogens (tertiary/aromatic N) is 6. The maximum absolute atomic E-state index is 5.10. The van der Waals surface area contributed by atoms with Gasteiger partial charge in [0.2, 0.25) is 16.0 Å². The molecule has 3 aromatic heterocycles. The van der Waals surface area contributed by atoms with Crippen molar-refractivity contribution in [2.75, 3.05) is 11.4 Å².